The van der Waals surface area contributed by atoms with Crippen molar-refractivity contribution in [2.45, 2.75) is 91.3 Å². The zero-order valence-electron chi connectivity index (χ0n) is 25.9. The number of carbonyl (C=O) groups is 4. The van der Waals surface area contributed by atoms with E-state index in [1.54, 1.807) is 45.3 Å². The molecule has 1 heterocycles. The molecule has 11 nitrogen and oxygen atoms in total. The van der Waals surface area contributed by atoms with Crippen LogP contribution in [0.25, 0.3) is 0 Å². The average Bonchev–Trinajstić information content (AvgIpc) is 2.98. The summed E-state index contributed by atoms with van der Waals surface area (Å²) in [5.41, 5.74) is 1.74. The fourth-order valence-electron chi connectivity index (χ4n) is 4.39. The molecule has 6 N–H and O–H groups in total. The number of hydrogen-bond acceptors (Lipinski definition) is 7. The fourth-order valence-corrected chi connectivity index (χ4v) is 4.39. The lowest BCUT2D eigenvalue weighted by molar-refractivity contribution is -0.135. The molecule has 0 unspecified atom stereocenters. The van der Waals surface area contributed by atoms with Gasteiger partial charge in [0, 0.05) is 24.9 Å². The summed E-state index contributed by atoms with van der Waals surface area (Å²) in [5, 5.41) is 32.2. The number of aromatic nitrogens is 1. The summed E-state index contributed by atoms with van der Waals surface area (Å²) in [7, 11) is 0. The summed E-state index contributed by atoms with van der Waals surface area (Å²) >= 11 is 0. The maximum absolute atomic E-state index is 13.2. The van der Waals surface area contributed by atoms with Crippen molar-refractivity contribution in [2.24, 2.45) is 17.8 Å². The van der Waals surface area contributed by atoms with Crippen LogP contribution < -0.4 is 21.3 Å². The van der Waals surface area contributed by atoms with E-state index >= 15 is 0 Å². The molecule has 2 rings (SSSR count). The molecule has 236 valence electrons. The lowest BCUT2D eigenvalue weighted by atomic mass is 9.92. The third kappa shape index (κ3) is 11.8. The number of amides is 4. The van der Waals surface area contributed by atoms with Crippen molar-refractivity contribution in [3.8, 4) is 0 Å². The van der Waals surface area contributed by atoms with Gasteiger partial charge in [0.1, 0.15) is 18.2 Å². The molecular formula is C32H47N5O6. The van der Waals surface area contributed by atoms with Gasteiger partial charge in [0.2, 0.25) is 23.6 Å². The molecule has 0 saturated carbocycles. The first kappa shape index (κ1) is 35.4. The SMILES string of the molecule is CC(C)[C@H](O)C(=O)N[C@@H](C)C(=O)N[C@@H](Cc1ccccc1)[C@@H](O)C[C@@H](C)C(=O)N[C@H](C(=O)NCc1ccncc1)C(C)C. The first-order valence-electron chi connectivity index (χ1n) is 14.8. The summed E-state index contributed by atoms with van der Waals surface area (Å²) in [5.74, 6) is -3.10. The quantitative estimate of drug-likeness (QED) is 0.170. The second-order valence-electron chi connectivity index (χ2n) is 11.7. The monoisotopic (exact) mass is 597 g/mol. The summed E-state index contributed by atoms with van der Waals surface area (Å²) < 4.78 is 0. The van der Waals surface area contributed by atoms with Gasteiger partial charge in [-0.15, -0.1) is 0 Å². The Morgan fingerprint density at radius 1 is 0.721 bits per heavy atom. The van der Waals surface area contributed by atoms with E-state index in [0.717, 1.165) is 11.1 Å². The Morgan fingerprint density at radius 3 is 1.93 bits per heavy atom. The molecule has 2 aromatic rings. The first-order valence-corrected chi connectivity index (χ1v) is 14.8. The van der Waals surface area contributed by atoms with Crippen molar-refractivity contribution in [1.29, 1.82) is 0 Å². The molecule has 1 aromatic carbocycles. The van der Waals surface area contributed by atoms with Crippen molar-refractivity contribution in [2.75, 3.05) is 0 Å². The summed E-state index contributed by atoms with van der Waals surface area (Å²) in [6, 6.07) is 10.3. The van der Waals surface area contributed by atoms with Crippen molar-refractivity contribution >= 4 is 23.6 Å². The van der Waals surface area contributed by atoms with Gasteiger partial charge in [0.15, 0.2) is 0 Å². The van der Waals surface area contributed by atoms with Crippen LogP contribution in [0, 0.1) is 17.8 Å². The van der Waals surface area contributed by atoms with Crippen molar-refractivity contribution in [3.63, 3.8) is 0 Å². The average molecular weight is 598 g/mol. The van der Waals surface area contributed by atoms with Crippen LogP contribution in [-0.4, -0.2) is 69.2 Å². The normalized spacial score (nSPS) is 15.5. The fraction of sp³-hybridized carbons (Fsp3) is 0.531. The summed E-state index contributed by atoms with van der Waals surface area (Å²) in [4.78, 5) is 55.3. The molecule has 0 spiro atoms. The molecule has 0 saturated heterocycles. The van der Waals surface area contributed by atoms with Crippen molar-refractivity contribution < 1.29 is 29.4 Å². The van der Waals surface area contributed by atoms with Gasteiger partial charge in [0.25, 0.3) is 0 Å². The minimum Gasteiger partial charge on any atom is -0.391 e. The second-order valence-corrected chi connectivity index (χ2v) is 11.7. The summed E-state index contributed by atoms with van der Waals surface area (Å²) in [6.07, 6.45) is 1.19. The first-order chi connectivity index (χ1) is 20.3. The Kier molecular flexibility index (Phi) is 14.3. The third-order valence-electron chi connectivity index (χ3n) is 7.25. The predicted octanol–water partition coefficient (Wildman–Crippen LogP) is 1.47. The maximum atomic E-state index is 13.2. The lowest BCUT2D eigenvalue weighted by Gasteiger charge is -2.29. The minimum atomic E-state index is -1.26. The van der Waals surface area contributed by atoms with Gasteiger partial charge >= 0.3 is 0 Å². The summed E-state index contributed by atoms with van der Waals surface area (Å²) in [6.45, 7) is 10.5. The molecule has 0 radical (unpaired) electrons. The van der Waals surface area contributed by atoms with Gasteiger partial charge in [-0.25, -0.2) is 0 Å². The molecule has 0 aliphatic heterocycles. The number of pyridine rings is 1. The number of aliphatic hydroxyl groups is 2. The smallest absolute Gasteiger partial charge is 0.249 e. The highest BCUT2D eigenvalue weighted by Gasteiger charge is 2.31. The number of benzene rings is 1. The molecule has 0 fully saturated rings. The Morgan fingerprint density at radius 2 is 1.35 bits per heavy atom. The molecular weight excluding hydrogens is 550 g/mol. The number of nitrogens with zero attached hydrogens (tertiary/aromatic N) is 1. The third-order valence-corrected chi connectivity index (χ3v) is 7.25. The number of carbonyl (C=O) groups excluding carboxylic acids is 4. The zero-order chi connectivity index (χ0) is 32.1. The van der Waals surface area contributed by atoms with E-state index in [1.165, 1.54) is 6.92 Å². The number of hydrogen-bond donors (Lipinski definition) is 6. The minimum absolute atomic E-state index is 0.0138. The molecule has 0 bridgehead atoms. The Bertz CT molecular complexity index is 1180. The van der Waals surface area contributed by atoms with Crippen LogP contribution >= 0.6 is 0 Å². The van der Waals surface area contributed by atoms with Crippen LogP contribution in [0.1, 0.15) is 59.1 Å². The Balaban J connectivity index is 2.06. The topological polar surface area (TPSA) is 170 Å². The highest BCUT2D eigenvalue weighted by molar-refractivity contribution is 5.89. The molecule has 6 atom stereocenters. The largest absolute Gasteiger partial charge is 0.391 e. The van der Waals surface area contributed by atoms with Crippen molar-refractivity contribution in [1.82, 2.24) is 26.3 Å². The molecule has 43 heavy (non-hydrogen) atoms. The molecule has 0 aliphatic rings. The van der Waals surface area contributed by atoms with E-state index in [2.05, 4.69) is 26.3 Å². The van der Waals surface area contributed by atoms with Gasteiger partial charge in [0.05, 0.1) is 12.1 Å². The maximum Gasteiger partial charge on any atom is 0.249 e. The number of nitrogens with one attached hydrogen (secondary N) is 4. The molecule has 11 heteroatoms. The Hall–Kier alpha value is -3.83. The van der Waals surface area contributed by atoms with E-state index in [-0.39, 0.29) is 30.6 Å². The molecule has 1 aromatic heterocycles. The van der Waals surface area contributed by atoms with E-state index < -0.39 is 54.0 Å². The van der Waals surface area contributed by atoms with E-state index in [9.17, 15) is 29.4 Å². The van der Waals surface area contributed by atoms with Crippen LogP contribution in [0.4, 0.5) is 0 Å². The molecule has 0 aliphatic carbocycles. The van der Waals surface area contributed by atoms with Crippen LogP contribution in [0.5, 0.6) is 0 Å². The lowest BCUT2D eigenvalue weighted by Crippen LogP contribution is -2.54. The van der Waals surface area contributed by atoms with Gasteiger partial charge in [-0.3, -0.25) is 24.2 Å². The second kappa shape index (κ2) is 17.3. The zero-order valence-corrected chi connectivity index (χ0v) is 25.9. The van der Waals surface area contributed by atoms with Gasteiger partial charge < -0.3 is 31.5 Å². The van der Waals surface area contributed by atoms with Crippen LogP contribution in [-0.2, 0) is 32.1 Å². The van der Waals surface area contributed by atoms with Gasteiger partial charge in [-0.1, -0.05) is 65.0 Å². The van der Waals surface area contributed by atoms with Crippen LogP contribution in [0.3, 0.4) is 0 Å². The number of aliphatic hydroxyl groups excluding tert-OH is 2. The highest BCUT2D eigenvalue weighted by Crippen LogP contribution is 2.15. The van der Waals surface area contributed by atoms with Crippen LogP contribution in [0.15, 0.2) is 54.9 Å². The van der Waals surface area contributed by atoms with Crippen LogP contribution in [0.2, 0.25) is 0 Å². The number of rotatable bonds is 16. The van der Waals surface area contributed by atoms with Gasteiger partial charge in [-0.2, -0.15) is 0 Å². The Labute approximate surface area is 254 Å². The van der Waals surface area contributed by atoms with E-state index in [1.807, 2.05) is 44.2 Å². The van der Waals surface area contributed by atoms with Gasteiger partial charge in [-0.05, 0) is 54.9 Å². The van der Waals surface area contributed by atoms with E-state index in [4.69, 9.17) is 0 Å². The standard InChI is InChI=1S/C32H47N5O6/c1-19(2)27(31(42)34-18-24-12-14-33-15-13-24)37-29(40)21(5)16-26(38)25(17-23-10-8-7-9-11-23)36-30(41)22(6)35-32(43)28(39)20(3)4/h7-15,19-22,25-28,38-39H,16-18H2,1-6H3,(H,34,42)(H,35,43)(H,36,41)(H,37,40)/t21-,22+,25+,26+,27+,28+/m1/s1. The van der Waals surface area contributed by atoms with Crippen molar-refractivity contribution in [3.05, 3.63) is 66.0 Å². The highest BCUT2D eigenvalue weighted by atomic mass is 16.3. The van der Waals surface area contributed by atoms with E-state index in [0.29, 0.717) is 6.54 Å². The molecule has 4 amide bonds. The predicted molar refractivity (Wildman–Crippen MR) is 163 cm³/mol.